The molecule has 0 aliphatic carbocycles. The van der Waals surface area contributed by atoms with Gasteiger partial charge < -0.3 is 5.11 Å². The minimum atomic E-state index is -0.102. The standard InChI is InChI=1S/C15H12Br2O2S/c1-9-2-4-11(5-3-9)20-8-14(18)12-6-10(16)7-13(17)15(12)19/h2-7,19H,8H2,1H3. The zero-order valence-electron chi connectivity index (χ0n) is 10.7. The molecule has 2 nitrogen and oxygen atoms in total. The maximum Gasteiger partial charge on any atom is 0.176 e. The van der Waals surface area contributed by atoms with Crippen molar-refractivity contribution >= 4 is 49.4 Å². The molecular formula is C15H12Br2O2S. The highest BCUT2D eigenvalue weighted by Crippen LogP contribution is 2.33. The molecule has 2 aromatic carbocycles. The number of aryl methyl sites for hydroxylation is 1. The summed E-state index contributed by atoms with van der Waals surface area (Å²) in [5.74, 6) is 0.178. The van der Waals surface area contributed by atoms with Crippen molar-refractivity contribution in [1.29, 1.82) is 0 Å². The van der Waals surface area contributed by atoms with Gasteiger partial charge >= 0.3 is 0 Å². The van der Waals surface area contributed by atoms with E-state index in [1.807, 2.05) is 31.2 Å². The third kappa shape index (κ3) is 3.87. The van der Waals surface area contributed by atoms with E-state index < -0.39 is 0 Å². The molecule has 0 atom stereocenters. The minimum absolute atomic E-state index is 0.0114. The van der Waals surface area contributed by atoms with Crippen LogP contribution in [0.4, 0.5) is 0 Å². The first kappa shape index (κ1) is 15.6. The first-order valence-corrected chi connectivity index (χ1v) is 8.45. The lowest BCUT2D eigenvalue weighted by Gasteiger charge is -2.07. The summed E-state index contributed by atoms with van der Waals surface area (Å²) in [6, 6.07) is 11.4. The Morgan fingerprint density at radius 2 is 1.85 bits per heavy atom. The fraction of sp³-hybridized carbons (Fsp3) is 0.133. The number of hydrogen-bond donors (Lipinski definition) is 1. The third-order valence-electron chi connectivity index (χ3n) is 2.72. The summed E-state index contributed by atoms with van der Waals surface area (Å²) in [4.78, 5) is 13.2. The SMILES string of the molecule is Cc1ccc(SCC(=O)c2cc(Br)cc(Br)c2O)cc1. The molecule has 0 unspecified atom stereocenters. The molecule has 104 valence electrons. The van der Waals surface area contributed by atoms with Gasteiger partial charge in [0.2, 0.25) is 0 Å². The molecule has 20 heavy (non-hydrogen) atoms. The maximum atomic E-state index is 12.2. The summed E-state index contributed by atoms with van der Waals surface area (Å²) >= 11 is 8.01. The Morgan fingerprint density at radius 1 is 1.20 bits per heavy atom. The van der Waals surface area contributed by atoms with Gasteiger partial charge in [0.15, 0.2) is 5.78 Å². The number of carbonyl (C=O) groups is 1. The molecule has 0 heterocycles. The van der Waals surface area contributed by atoms with Crippen LogP contribution in [0.3, 0.4) is 0 Å². The van der Waals surface area contributed by atoms with E-state index in [1.165, 1.54) is 17.3 Å². The monoisotopic (exact) mass is 414 g/mol. The van der Waals surface area contributed by atoms with Crippen molar-refractivity contribution in [3.63, 3.8) is 0 Å². The van der Waals surface area contributed by atoms with Gasteiger partial charge in [-0.1, -0.05) is 33.6 Å². The van der Waals surface area contributed by atoms with Crippen molar-refractivity contribution in [2.24, 2.45) is 0 Å². The van der Waals surface area contributed by atoms with Crippen LogP contribution in [0.5, 0.6) is 5.75 Å². The molecule has 0 bridgehead atoms. The molecule has 0 saturated carbocycles. The summed E-state index contributed by atoms with van der Waals surface area (Å²) in [7, 11) is 0. The molecule has 0 amide bonds. The number of halogens is 2. The van der Waals surface area contributed by atoms with Gasteiger partial charge in [0.25, 0.3) is 0 Å². The smallest absolute Gasteiger partial charge is 0.176 e. The van der Waals surface area contributed by atoms with E-state index in [9.17, 15) is 9.90 Å². The van der Waals surface area contributed by atoms with Gasteiger partial charge in [-0.25, -0.2) is 0 Å². The minimum Gasteiger partial charge on any atom is -0.506 e. The van der Waals surface area contributed by atoms with Crippen LogP contribution in [0.15, 0.2) is 50.2 Å². The summed E-state index contributed by atoms with van der Waals surface area (Å²) in [5, 5.41) is 9.93. The van der Waals surface area contributed by atoms with Gasteiger partial charge in [-0.2, -0.15) is 0 Å². The van der Waals surface area contributed by atoms with Gasteiger partial charge in [-0.3, -0.25) is 4.79 Å². The van der Waals surface area contributed by atoms with Gasteiger partial charge in [0.1, 0.15) is 5.75 Å². The van der Waals surface area contributed by atoms with E-state index in [0.29, 0.717) is 15.8 Å². The highest BCUT2D eigenvalue weighted by Gasteiger charge is 2.15. The first-order valence-electron chi connectivity index (χ1n) is 5.88. The number of benzene rings is 2. The number of phenols is 1. The lowest BCUT2D eigenvalue weighted by molar-refractivity contribution is 0.102. The zero-order chi connectivity index (χ0) is 14.7. The van der Waals surface area contributed by atoms with E-state index in [2.05, 4.69) is 31.9 Å². The fourth-order valence-electron chi connectivity index (χ4n) is 1.64. The number of aromatic hydroxyl groups is 1. The van der Waals surface area contributed by atoms with Crippen LogP contribution in [0.1, 0.15) is 15.9 Å². The molecule has 0 aliphatic rings. The largest absolute Gasteiger partial charge is 0.506 e. The van der Waals surface area contributed by atoms with Crippen LogP contribution in [0.2, 0.25) is 0 Å². The zero-order valence-corrected chi connectivity index (χ0v) is 14.7. The molecule has 0 aliphatic heterocycles. The average Bonchev–Trinajstić information content (AvgIpc) is 2.42. The van der Waals surface area contributed by atoms with Gasteiger partial charge in [0, 0.05) is 9.37 Å². The lowest BCUT2D eigenvalue weighted by atomic mass is 10.1. The van der Waals surface area contributed by atoms with E-state index in [0.717, 1.165) is 9.37 Å². The van der Waals surface area contributed by atoms with Gasteiger partial charge in [-0.05, 0) is 47.1 Å². The van der Waals surface area contributed by atoms with Crippen LogP contribution in [0.25, 0.3) is 0 Å². The van der Waals surface area contributed by atoms with Crippen molar-refractivity contribution in [2.75, 3.05) is 5.75 Å². The number of ketones is 1. The Kier molecular flexibility index (Phi) is 5.29. The molecule has 5 heteroatoms. The van der Waals surface area contributed by atoms with Crippen LogP contribution in [0, 0.1) is 6.92 Å². The predicted molar refractivity (Wildman–Crippen MR) is 89.7 cm³/mol. The second kappa shape index (κ2) is 6.78. The molecular weight excluding hydrogens is 404 g/mol. The second-order valence-corrected chi connectivity index (χ2v) is 7.13. The maximum absolute atomic E-state index is 12.2. The summed E-state index contributed by atoms with van der Waals surface area (Å²) in [6.45, 7) is 2.02. The third-order valence-corrected chi connectivity index (χ3v) is 4.79. The van der Waals surface area contributed by atoms with Crippen LogP contribution >= 0.6 is 43.6 Å². The van der Waals surface area contributed by atoms with E-state index in [1.54, 1.807) is 12.1 Å². The molecule has 0 spiro atoms. The number of Topliss-reactive ketones (excluding diaryl/α,β-unsaturated/α-hetero) is 1. The molecule has 2 aromatic rings. The second-order valence-electron chi connectivity index (χ2n) is 4.31. The Balaban J connectivity index is 2.11. The lowest BCUT2D eigenvalue weighted by Crippen LogP contribution is -2.03. The average molecular weight is 416 g/mol. The summed E-state index contributed by atoms with van der Waals surface area (Å²) in [6.07, 6.45) is 0. The van der Waals surface area contributed by atoms with E-state index >= 15 is 0 Å². The number of phenolic OH excluding ortho intramolecular Hbond substituents is 1. The van der Waals surface area contributed by atoms with E-state index in [4.69, 9.17) is 0 Å². The topological polar surface area (TPSA) is 37.3 Å². The number of carbonyl (C=O) groups excluding carboxylic acids is 1. The van der Waals surface area contributed by atoms with Crippen molar-refractivity contribution in [3.8, 4) is 5.75 Å². The Hall–Kier alpha value is -0.780. The Labute approximate surface area is 138 Å². The highest BCUT2D eigenvalue weighted by molar-refractivity contribution is 9.11. The van der Waals surface area contributed by atoms with Crippen molar-refractivity contribution in [2.45, 2.75) is 11.8 Å². The van der Waals surface area contributed by atoms with Gasteiger partial charge in [0.05, 0.1) is 15.8 Å². The Morgan fingerprint density at radius 3 is 2.50 bits per heavy atom. The Bertz CT molecular complexity index is 639. The molecule has 0 fully saturated rings. The van der Waals surface area contributed by atoms with Crippen LogP contribution < -0.4 is 0 Å². The summed E-state index contributed by atoms with van der Waals surface area (Å²) in [5.41, 5.74) is 1.51. The van der Waals surface area contributed by atoms with Crippen molar-refractivity contribution < 1.29 is 9.90 Å². The molecule has 0 aromatic heterocycles. The summed E-state index contributed by atoms with van der Waals surface area (Å²) < 4.78 is 1.27. The predicted octanol–water partition coefficient (Wildman–Crippen LogP) is 5.20. The molecule has 1 N–H and O–H groups in total. The van der Waals surface area contributed by atoms with Crippen LogP contribution in [-0.2, 0) is 0 Å². The number of thioether (sulfide) groups is 1. The molecule has 2 rings (SSSR count). The van der Waals surface area contributed by atoms with Crippen LogP contribution in [-0.4, -0.2) is 16.6 Å². The van der Waals surface area contributed by atoms with Crippen molar-refractivity contribution in [3.05, 3.63) is 56.5 Å². The molecule has 0 saturated heterocycles. The van der Waals surface area contributed by atoms with Crippen molar-refractivity contribution in [1.82, 2.24) is 0 Å². The van der Waals surface area contributed by atoms with Gasteiger partial charge in [-0.15, -0.1) is 11.8 Å². The molecule has 0 radical (unpaired) electrons. The normalized spacial score (nSPS) is 10.6. The first-order chi connectivity index (χ1) is 9.47. The highest BCUT2D eigenvalue weighted by atomic mass is 79.9. The van der Waals surface area contributed by atoms with E-state index in [-0.39, 0.29) is 11.5 Å². The number of hydrogen-bond acceptors (Lipinski definition) is 3. The fourth-order valence-corrected chi connectivity index (χ4v) is 3.65. The number of rotatable bonds is 4. The quantitative estimate of drug-likeness (QED) is 0.550.